The predicted octanol–water partition coefficient (Wildman–Crippen LogP) is 2.94. The van der Waals surface area contributed by atoms with E-state index in [1.54, 1.807) is 11.3 Å². The van der Waals surface area contributed by atoms with E-state index in [0.717, 1.165) is 45.1 Å². The van der Waals surface area contributed by atoms with Crippen LogP contribution in [0.25, 0.3) is 0 Å². The first-order valence-corrected chi connectivity index (χ1v) is 10.2. The first-order chi connectivity index (χ1) is 12.0. The molecule has 4 heterocycles. The zero-order chi connectivity index (χ0) is 17.4. The van der Waals surface area contributed by atoms with E-state index in [4.69, 9.17) is 4.98 Å². The van der Waals surface area contributed by atoms with Gasteiger partial charge < -0.3 is 9.88 Å². The lowest BCUT2D eigenvalue weighted by Gasteiger charge is -2.31. The summed E-state index contributed by atoms with van der Waals surface area (Å²) in [6, 6.07) is 0. The molecule has 0 spiro atoms. The molecular weight excluding hydrogens is 368 g/mol. The fourth-order valence-corrected chi connectivity index (χ4v) is 4.62. The van der Waals surface area contributed by atoms with Crippen LogP contribution in [0, 0.1) is 0 Å². The second kappa shape index (κ2) is 7.92. The van der Waals surface area contributed by atoms with Crippen molar-refractivity contribution in [2.45, 2.75) is 64.6 Å². The van der Waals surface area contributed by atoms with Crippen LogP contribution in [0.5, 0.6) is 0 Å². The van der Waals surface area contributed by atoms with E-state index in [1.807, 2.05) is 0 Å². The molecule has 2 aromatic rings. The maximum absolute atomic E-state index is 4.85. The van der Waals surface area contributed by atoms with Gasteiger partial charge in [-0.15, -0.1) is 33.9 Å². The molecule has 8 heteroatoms. The highest BCUT2D eigenvalue weighted by atomic mass is 35.5. The van der Waals surface area contributed by atoms with E-state index in [0.29, 0.717) is 5.92 Å². The molecule has 0 unspecified atom stereocenters. The van der Waals surface area contributed by atoms with Gasteiger partial charge in [0.25, 0.3) is 0 Å². The molecule has 1 fully saturated rings. The second-order valence-electron chi connectivity index (χ2n) is 8.25. The van der Waals surface area contributed by atoms with Gasteiger partial charge in [-0.05, 0) is 25.9 Å². The maximum Gasteiger partial charge on any atom is 0.147 e. The number of nitrogens with one attached hydrogen (secondary N) is 1. The summed E-state index contributed by atoms with van der Waals surface area (Å²) in [4.78, 5) is 7.38. The van der Waals surface area contributed by atoms with Gasteiger partial charge in [-0.1, -0.05) is 20.8 Å². The van der Waals surface area contributed by atoms with Crippen molar-refractivity contribution in [3.63, 3.8) is 0 Å². The third kappa shape index (κ3) is 4.11. The van der Waals surface area contributed by atoms with Crippen molar-refractivity contribution < 1.29 is 0 Å². The second-order valence-corrected chi connectivity index (χ2v) is 9.11. The van der Waals surface area contributed by atoms with Crippen LogP contribution < -0.4 is 5.32 Å². The molecule has 0 aliphatic carbocycles. The molecule has 0 bridgehead atoms. The number of rotatable bonds is 3. The molecule has 0 amide bonds. The number of fused-ring (bicyclic) bond motifs is 1. The summed E-state index contributed by atoms with van der Waals surface area (Å²) in [7, 11) is 0. The van der Waals surface area contributed by atoms with Gasteiger partial charge in [0.2, 0.25) is 0 Å². The van der Waals surface area contributed by atoms with E-state index < -0.39 is 0 Å². The quantitative estimate of drug-likeness (QED) is 0.864. The molecule has 1 saturated heterocycles. The molecule has 0 aromatic carbocycles. The van der Waals surface area contributed by atoms with Crippen LogP contribution in [0.2, 0.25) is 0 Å². The average molecular weight is 397 g/mol. The van der Waals surface area contributed by atoms with Crippen LogP contribution in [-0.2, 0) is 25.0 Å². The number of thiazole rings is 1. The molecule has 2 aromatic heterocycles. The van der Waals surface area contributed by atoms with Gasteiger partial charge in [0.1, 0.15) is 11.6 Å². The first kappa shape index (κ1) is 19.7. The molecule has 4 rings (SSSR count). The van der Waals surface area contributed by atoms with Crippen molar-refractivity contribution in [1.82, 2.24) is 30.0 Å². The van der Waals surface area contributed by atoms with Crippen molar-refractivity contribution in [3.05, 3.63) is 27.7 Å². The van der Waals surface area contributed by atoms with Crippen molar-refractivity contribution >= 4 is 23.7 Å². The minimum absolute atomic E-state index is 0. The van der Waals surface area contributed by atoms with Crippen molar-refractivity contribution in [2.75, 3.05) is 19.6 Å². The Balaban J connectivity index is 0.00000196. The molecular formula is C18H29ClN6S. The van der Waals surface area contributed by atoms with Gasteiger partial charge in [0.05, 0.1) is 17.2 Å². The summed E-state index contributed by atoms with van der Waals surface area (Å²) < 4.78 is 2.34. The minimum Gasteiger partial charge on any atom is -0.312 e. The Bertz CT molecular complexity index is 726. The van der Waals surface area contributed by atoms with Gasteiger partial charge in [0, 0.05) is 36.3 Å². The molecule has 26 heavy (non-hydrogen) atoms. The monoisotopic (exact) mass is 396 g/mol. The topological polar surface area (TPSA) is 58.9 Å². The molecule has 0 radical (unpaired) electrons. The van der Waals surface area contributed by atoms with Gasteiger partial charge >= 0.3 is 0 Å². The lowest BCUT2D eigenvalue weighted by atomic mass is 9.95. The fourth-order valence-electron chi connectivity index (χ4n) is 3.72. The van der Waals surface area contributed by atoms with E-state index in [9.17, 15) is 0 Å². The smallest absolute Gasteiger partial charge is 0.147 e. The minimum atomic E-state index is 0. The maximum atomic E-state index is 4.85. The van der Waals surface area contributed by atoms with Gasteiger partial charge in [-0.2, -0.15) is 0 Å². The van der Waals surface area contributed by atoms with Crippen LogP contribution in [0.3, 0.4) is 0 Å². The number of likely N-dealkylation sites (tertiary alicyclic amines) is 1. The van der Waals surface area contributed by atoms with Crippen LogP contribution >= 0.6 is 23.7 Å². The van der Waals surface area contributed by atoms with Crippen molar-refractivity contribution in [2.24, 2.45) is 0 Å². The highest BCUT2D eigenvalue weighted by Gasteiger charge is 2.27. The van der Waals surface area contributed by atoms with E-state index >= 15 is 0 Å². The molecule has 144 valence electrons. The van der Waals surface area contributed by atoms with E-state index in [1.165, 1.54) is 29.4 Å². The van der Waals surface area contributed by atoms with Crippen LogP contribution in [0.4, 0.5) is 0 Å². The SMILES string of the molecule is CC(C)(C)c1nc(CN2CCC(c3nnc4n3CCNC4)CC2)cs1.Cl. The summed E-state index contributed by atoms with van der Waals surface area (Å²) >= 11 is 1.79. The number of piperidine rings is 1. The third-order valence-electron chi connectivity index (χ3n) is 5.18. The van der Waals surface area contributed by atoms with E-state index in [2.05, 4.69) is 51.1 Å². The fraction of sp³-hybridized carbons (Fsp3) is 0.722. The number of nitrogens with zero attached hydrogens (tertiary/aromatic N) is 5. The Morgan fingerprint density at radius 2 is 1.96 bits per heavy atom. The lowest BCUT2D eigenvalue weighted by molar-refractivity contribution is 0.197. The summed E-state index contributed by atoms with van der Waals surface area (Å²) in [5, 5.41) is 15.7. The predicted molar refractivity (Wildman–Crippen MR) is 107 cm³/mol. The Labute approximate surface area is 165 Å². The number of halogens is 1. The lowest BCUT2D eigenvalue weighted by Crippen LogP contribution is -2.34. The molecule has 0 saturated carbocycles. The molecule has 1 N–H and O–H groups in total. The molecule has 2 aliphatic heterocycles. The van der Waals surface area contributed by atoms with Crippen LogP contribution in [-0.4, -0.2) is 44.3 Å². The van der Waals surface area contributed by atoms with Gasteiger partial charge in [-0.25, -0.2) is 4.98 Å². The normalized spacial score (nSPS) is 19.2. The number of hydrogen-bond donors (Lipinski definition) is 1. The molecule has 0 atom stereocenters. The summed E-state index contributed by atoms with van der Waals surface area (Å²) in [6.07, 6.45) is 2.34. The summed E-state index contributed by atoms with van der Waals surface area (Å²) in [5.41, 5.74) is 1.37. The first-order valence-electron chi connectivity index (χ1n) is 9.30. The highest BCUT2D eigenvalue weighted by Crippen LogP contribution is 2.30. The number of aromatic nitrogens is 4. The van der Waals surface area contributed by atoms with Crippen LogP contribution in [0.15, 0.2) is 5.38 Å². The Morgan fingerprint density at radius 3 is 2.65 bits per heavy atom. The highest BCUT2D eigenvalue weighted by molar-refractivity contribution is 7.09. The van der Waals surface area contributed by atoms with Crippen molar-refractivity contribution in [3.8, 4) is 0 Å². The van der Waals surface area contributed by atoms with Crippen molar-refractivity contribution in [1.29, 1.82) is 0 Å². The Kier molecular flexibility index (Phi) is 6.01. The van der Waals surface area contributed by atoms with Gasteiger partial charge in [0.15, 0.2) is 0 Å². The number of hydrogen-bond acceptors (Lipinski definition) is 6. The Hall–Kier alpha value is -1.02. The van der Waals surface area contributed by atoms with Crippen LogP contribution in [0.1, 0.15) is 61.9 Å². The third-order valence-corrected chi connectivity index (χ3v) is 6.50. The molecule has 2 aliphatic rings. The summed E-state index contributed by atoms with van der Waals surface area (Å²) in [5.74, 6) is 2.86. The molecule has 6 nitrogen and oxygen atoms in total. The van der Waals surface area contributed by atoms with E-state index in [-0.39, 0.29) is 17.8 Å². The van der Waals surface area contributed by atoms with Gasteiger partial charge in [-0.3, -0.25) is 4.90 Å². The standard InChI is InChI=1S/C18H28N6S.ClH/c1-18(2,3)17-20-14(12-25-17)11-23-7-4-13(5-8-23)16-22-21-15-10-19-6-9-24(15)16;/h12-13,19H,4-11H2,1-3H3;1H. The summed E-state index contributed by atoms with van der Waals surface area (Å²) in [6.45, 7) is 12.8. The Morgan fingerprint density at radius 1 is 1.19 bits per heavy atom. The largest absolute Gasteiger partial charge is 0.312 e. The zero-order valence-electron chi connectivity index (χ0n) is 15.9. The average Bonchev–Trinajstić information content (AvgIpc) is 3.22. The zero-order valence-corrected chi connectivity index (χ0v) is 17.5.